The molecule has 0 aliphatic carbocycles. The summed E-state index contributed by atoms with van der Waals surface area (Å²) >= 11 is 7.15. The zero-order chi connectivity index (χ0) is 18.0. The van der Waals surface area contributed by atoms with Gasteiger partial charge in [0.05, 0.1) is 17.7 Å². The van der Waals surface area contributed by atoms with Crippen LogP contribution in [0.25, 0.3) is 6.08 Å². The third-order valence-electron chi connectivity index (χ3n) is 3.56. The van der Waals surface area contributed by atoms with Crippen molar-refractivity contribution in [3.8, 4) is 11.5 Å². The summed E-state index contributed by atoms with van der Waals surface area (Å²) < 4.78 is 5.02. The number of phenols is 1. The maximum atomic E-state index is 12.4. The number of thioether (sulfide) groups is 1. The lowest BCUT2D eigenvalue weighted by Gasteiger charge is -2.07. The SMILES string of the molecule is COc1ccc(/C=C2\SC(=Nc3ccc(Cl)cc3)N(C)C2=O)cc1O. The fraction of sp³-hybridized carbons (Fsp3) is 0.111. The Morgan fingerprint density at radius 1 is 1.24 bits per heavy atom. The first-order valence-electron chi connectivity index (χ1n) is 7.37. The summed E-state index contributed by atoms with van der Waals surface area (Å²) in [6.07, 6.45) is 1.72. The molecule has 1 fully saturated rings. The second-order valence-electron chi connectivity index (χ2n) is 5.28. The number of ether oxygens (including phenoxy) is 1. The largest absolute Gasteiger partial charge is 0.504 e. The molecule has 0 aromatic heterocycles. The summed E-state index contributed by atoms with van der Waals surface area (Å²) in [7, 11) is 3.16. The Labute approximate surface area is 154 Å². The number of phenolic OH excluding ortho intramolecular Hbond substituents is 1. The third kappa shape index (κ3) is 3.81. The summed E-state index contributed by atoms with van der Waals surface area (Å²) in [5.74, 6) is 0.262. The predicted octanol–water partition coefficient (Wildman–Crippen LogP) is 4.29. The summed E-state index contributed by atoms with van der Waals surface area (Å²) in [5.41, 5.74) is 1.42. The van der Waals surface area contributed by atoms with Gasteiger partial charge in [-0.15, -0.1) is 0 Å². The number of rotatable bonds is 3. The number of carbonyl (C=O) groups excluding carboxylic acids is 1. The minimum atomic E-state index is -0.145. The Morgan fingerprint density at radius 2 is 1.96 bits per heavy atom. The van der Waals surface area contributed by atoms with E-state index in [4.69, 9.17) is 16.3 Å². The molecular formula is C18H15ClN2O3S. The lowest BCUT2D eigenvalue weighted by molar-refractivity contribution is -0.121. The number of carbonyl (C=O) groups is 1. The number of amides is 1. The molecule has 0 spiro atoms. The second-order valence-corrected chi connectivity index (χ2v) is 6.72. The van der Waals surface area contributed by atoms with Crippen molar-refractivity contribution < 1.29 is 14.6 Å². The number of hydrogen-bond donors (Lipinski definition) is 1. The van der Waals surface area contributed by atoms with Crippen LogP contribution in [0.4, 0.5) is 5.69 Å². The number of amidine groups is 1. The van der Waals surface area contributed by atoms with E-state index < -0.39 is 0 Å². The fourth-order valence-electron chi connectivity index (χ4n) is 2.23. The van der Waals surface area contributed by atoms with Crippen molar-refractivity contribution in [1.29, 1.82) is 0 Å². The maximum absolute atomic E-state index is 12.4. The highest BCUT2D eigenvalue weighted by molar-refractivity contribution is 8.18. The highest BCUT2D eigenvalue weighted by Gasteiger charge is 2.30. The van der Waals surface area contributed by atoms with Gasteiger partial charge in [0.15, 0.2) is 16.7 Å². The molecule has 5 nitrogen and oxygen atoms in total. The van der Waals surface area contributed by atoms with E-state index in [0.29, 0.717) is 26.4 Å². The molecule has 0 saturated carbocycles. The molecule has 1 saturated heterocycles. The third-order valence-corrected chi connectivity index (χ3v) is 4.87. The Kier molecular flexibility index (Phi) is 5.01. The first-order valence-corrected chi connectivity index (χ1v) is 8.56. The Hall–Kier alpha value is -2.44. The van der Waals surface area contributed by atoms with Crippen LogP contribution < -0.4 is 4.74 Å². The van der Waals surface area contributed by atoms with Crippen molar-refractivity contribution in [2.75, 3.05) is 14.2 Å². The number of aromatic hydroxyl groups is 1. The molecule has 7 heteroatoms. The molecule has 128 valence electrons. The summed E-state index contributed by atoms with van der Waals surface area (Å²) in [6.45, 7) is 0. The van der Waals surface area contributed by atoms with Gasteiger partial charge >= 0.3 is 0 Å². The molecule has 0 atom stereocenters. The van der Waals surface area contributed by atoms with E-state index in [2.05, 4.69) is 4.99 Å². The number of nitrogens with zero attached hydrogens (tertiary/aromatic N) is 2. The molecule has 3 rings (SSSR count). The van der Waals surface area contributed by atoms with Crippen LogP contribution in [0, 0.1) is 0 Å². The lowest BCUT2D eigenvalue weighted by Crippen LogP contribution is -2.23. The van der Waals surface area contributed by atoms with Crippen molar-refractivity contribution in [2.24, 2.45) is 4.99 Å². The molecule has 1 N–H and O–H groups in total. The standard InChI is InChI=1S/C18H15ClN2O3S/c1-21-17(23)16(10-11-3-8-15(24-2)14(22)9-11)25-18(21)20-13-6-4-12(19)5-7-13/h3-10,22H,1-2H3/b16-10-,20-18?. The topological polar surface area (TPSA) is 62.1 Å². The van der Waals surface area contributed by atoms with Gasteiger partial charge in [0, 0.05) is 12.1 Å². The number of likely N-dealkylation sites (N-methyl/N-ethyl adjacent to an activating group) is 1. The van der Waals surface area contributed by atoms with Gasteiger partial charge in [0.2, 0.25) is 0 Å². The van der Waals surface area contributed by atoms with E-state index in [0.717, 1.165) is 5.69 Å². The number of benzene rings is 2. The number of halogens is 1. The molecule has 1 amide bonds. The lowest BCUT2D eigenvalue weighted by atomic mass is 10.2. The van der Waals surface area contributed by atoms with Crippen LogP contribution in [0.2, 0.25) is 5.02 Å². The Morgan fingerprint density at radius 3 is 2.60 bits per heavy atom. The Balaban J connectivity index is 1.88. The molecular weight excluding hydrogens is 360 g/mol. The van der Waals surface area contributed by atoms with Gasteiger partial charge in [0.25, 0.3) is 5.91 Å². The first-order chi connectivity index (χ1) is 12.0. The highest BCUT2D eigenvalue weighted by atomic mass is 35.5. The van der Waals surface area contributed by atoms with E-state index in [-0.39, 0.29) is 11.7 Å². The fourth-order valence-corrected chi connectivity index (χ4v) is 3.34. The summed E-state index contributed by atoms with van der Waals surface area (Å²) in [4.78, 5) is 18.9. The van der Waals surface area contributed by atoms with Crippen molar-refractivity contribution >= 4 is 46.2 Å². The summed E-state index contributed by atoms with van der Waals surface area (Å²) in [6, 6.07) is 12.0. The second kappa shape index (κ2) is 7.21. The average Bonchev–Trinajstić information content (AvgIpc) is 2.85. The van der Waals surface area contributed by atoms with Crippen LogP contribution in [-0.2, 0) is 4.79 Å². The minimum absolute atomic E-state index is 0.0238. The van der Waals surface area contributed by atoms with Crippen LogP contribution in [0.5, 0.6) is 11.5 Å². The number of aliphatic imine (C=N–C) groups is 1. The molecule has 0 unspecified atom stereocenters. The van der Waals surface area contributed by atoms with Gasteiger partial charge in [-0.05, 0) is 59.8 Å². The van der Waals surface area contributed by atoms with Crippen LogP contribution in [-0.4, -0.2) is 35.2 Å². The molecule has 1 aliphatic heterocycles. The molecule has 0 radical (unpaired) electrons. The van der Waals surface area contributed by atoms with Crippen LogP contribution >= 0.6 is 23.4 Å². The van der Waals surface area contributed by atoms with E-state index in [1.54, 1.807) is 55.6 Å². The van der Waals surface area contributed by atoms with Crippen molar-refractivity contribution in [1.82, 2.24) is 4.90 Å². The van der Waals surface area contributed by atoms with E-state index >= 15 is 0 Å². The predicted molar refractivity (Wildman–Crippen MR) is 102 cm³/mol. The van der Waals surface area contributed by atoms with Gasteiger partial charge in [-0.1, -0.05) is 17.7 Å². The Bertz CT molecular complexity index is 878. The summed E-state index contributed by atoms with van der Waals surface area (Å²) in [5, 5.41) is 11.1. The molecule has 1 aliphatic rings. The monoisotopic (exact) mass is 374 g/mol. The van der Waals surface area contributed by atoms with Crippen LogP contribution in [0.1, 0.15) is 5.56 Å². The number of methoxy groups -OCH3 is 1. The first kappa shape index (κ1) is 17.4. The molecule has 0 bridgehead atoms. The smallest absolute Gasteiger partial charge is 0.266 e. The van der Waals surface area contributed by atoms with Crippen molar-refractivity contribution in [2.45, 2.75) is 0 Å². The van der Waals surface area contributed by atoms with Gasteiger partial charge < -0.3 is 9.84 Å². The maximum Gasteiger partial charge on any atom is 0.266 e. The average molecular weight is 375 g/mol. The minimum Gasteiger partial charge on any atom is -0.504 e. The highest BCUT2D eigenvalue weighted by Crippen LogP contribution is 2.34. The van der Waals surface area contributed by atoms with Gasteiger partial charge in [-0.2, -0.15) is 0 Å². The molecule has 25 heavy (non-hydrogen) atoms. The van der Waals surface area contributed by atoms with Gasteiger partial charge in [0.1, 0.15) is 0 Å². The quantitative estimate of drug-likeness (QED) is 0.814. The van der Waals surface area contributed by atoms with E-state index in [1.165, 1.54) is 23.8 Å². The van der Waals surface area contributed by atoms with Gasteiger partial charge in [-0.3, -0.25) is 9.69 Å². The number of hydrogen-bond acceptors (Lipinski definition) is 5. The van der Waals surface area contributed by atoms with E-state index in [1.807, 2.05) is 0 Å². The molecule has 2 aromatic carbocycles. The van der Waals surface area contributed by atoms with Crippen LogP contribution in [0.3, 0.4) is 0 Å². The van der Waals surface area contributed by atoms with Crippen molar-refractivity contribution in [3.63, 3.8) is 0 Å². The normalized spacial score (nSPS) is 17.6. The zero-order valence-corrected chi connectivity index (χ0v) is 15.1. The molecule has 2 aromatic rings. The molecule has 1 heterocycles. The zero-order valence-electron chi connectivity index (χ0n) is 13.6. The van der Waals surface area contributed by atoms with Crippen LogP contribution in [0.15, 0.2) is 52.4 Å². The van der Waals surface area contributed by atoms with Crippen molar-refractivity contribution in [3.05, 3.63) is 58.0 Å². The van der Waals surface area contributed by atoms with E-state index in [9.17, 15) is 9.90 Å². The van der Waals surface area contributed by atoms with Gasteiger partial charge in [-0.25, -0.2) is 4.99 Å².